The first-order valence-corrected chi connectivity index (χ1v) is 11.4. The van der Waals surface area contributed by atoms with Crippen molar-refractivity contribution in [3.63, 3.8) is 0 Å². The van der Waals surface area contributed by atoms with Crippen LogP contribution in [0.5, 0.6) is 0 Å². The Labute approximate surface area is 174 Å². The van der Waals surface area contributed by atoms with E-state index in [1.807, 2.05) is 4.90 Å². The van der Waals surface area contributed by atoms with Gasteiger partial charge in [-0.1, -0.05) is 19.4 Å². The van der Waals surface area contributed by atoms with E-state index in [9.17, 15) is 13.2 Å². The van der Waals surface area contributed by atoms with Crippen molar-refractivity contribution >= 4 is 28.3 Å². The Kier molecular flexibility index (Phi) is 7.90. The highest BCUT2D eigenvalue weighted by Gasteiger charge is 2.32. The lowest BCUT2D eigenvalue weighted by Gasteiger charge is -2.38. The van der Waals surface area contributed by atoms with Gasteiger partial charge < -0.3 is 10.6 Å². The molecule has 8 heteroatoms. The fraction of sp³-hybridized carbons (Fsp3) is 0.650. The lowest BCUT2D eigenvalue weighted by molar-refractivity contribution is 0.0573. The molecule has 2 fully saturated rings. The molecule has 158 valence electrons. The third kappa shape index (κ3) is 4.70. The number of hydrogen-bond donors (Lipinski definition) is 1. The van der Waals surface area contributed by atoms with E-state index >= 15 is 0 Å². The van der Waals surface area contributed by atoms with Crippen molar-refractivity contribution in [3.8, 4) is 0 Å². The second-order valence-corrected chi connectivity index (χ2v) is 9.87. The molecule has 28 heavy (non-hydrogen) atoms. The van der Waals surface area contributed by atoms with Crippen molar-refractivity contribution in [3.05, 3.63) is 29.3 Å². The topological polar surface area (TPSA) is 83.7 Å². The highest BCUT2D eigenvalue weighted by atomic mass is 35.5. The lowest BCUT2D eigenvalue weighted by atomic mass is 9.92. The number of halogens is 1. The molecule has 0 saturated carbocycles. The summed E-state index contributed by atoms with van der Waals surface area (Å²) in [6.45, 7) is 6.18. The number of likely N-dealkylation sites (tertiary alicyclic amines) is 1. The van der Waals surface area contributed by atoms with Gasteiger partial charge in [0.1, 0.15) is 0 Å². The van der Waals surface area contributed by atoms with E-state index in [2.05, 4.69) is 6.92 Å². The summed E-state index contributed by atoms with van der Waals surface area (Å²) in [6.07, 6.45) is 4.69. The summed E-state index contributed by atoms with van der Waals surface area (Å²) in [6, 6.07) is 5.06. The average molecular weight is 430 g/mol. The summed E-state index contributed by atoms with van der Waals surface area (Å²) >= 11 is 0. The number of sulfonamides is 1. The van der Waals surface area contributed by atoms with Crippen molar-refractivity contribution in [2.75, 3.05) is 26.2 Å². The Bertz CT molecular complexity index is 794. The van der Waals surface area contributed by atoms with Gasteiger partial charge in [0.05, 0.1) is 4.90 Å². The van der Waals surface area contributed by atoms with Crippen LogP contribution in [0.15, 0.2) is 23.1 Å². The van der Waals surface area contributed by atoms with E-state index in [-0.39, 0.29) is 29.3 Å². The van der Waals surface area contributed by atoms with Gasteiger partial charge in [0.15, 0.2) is 0 Å². The van der Waals surface area contributed by atoms with Gasteiger partial charge in [-0.2, -0.15) is 4.31 Å². The summed E-state index contributed by atoms with van der Waals surface area (Å²) in [5, 5.41) is 0. The molecule has 2 saturated heterocycles. The van der Waals surface area contributed by atoms with E-state index < -0.39 is 10.0 Å². The third-order valence-corrected chi connectivity index (χ3v) is 7.92. The summed E-state index contributed by atoms with van der Waals surface area (Å²) in [5.41, 5.74) is 7.01. The van der Waals surface area contributed by atoms with Gasteiger partial charge in [-0.3, -0.25) is 4.79 Å². The van der Waals surface area contributed by atoms with Gasteiger partial charge in [-0.15, -0.1) is 12.4 Å². The molecular weight excluding hydrogens is 398 g/mol. The van der Waals surface area contributed by atoms with Gasteiger partial charge >= 0.3 is 0 Å². The molecule has 0 spiro atoms. The second kappa shape index (κ2) is 9.57. The number of aryl methyl sites for hydroxylation is 1. The summed E-state index contributed by atoms with van der Waals surface area (Å²) in [4.78, 5) is 15.2. The number of nitrogens with two attached hydrogens (primary N) is 1. The molecule has 2 N–H and O–H groups in total. The number of carbonyl (C=O) groups is 1. The van der Waals surface area contributed by atoms with Crippen molar-refractivity contribution in [1.82, 2.24) is 9.21 Å². The Hall–Kier alpha value is -1.15. The van der Waals surface area contributed by atoms with E-state index in [0.29, 0.717) is 43.2 Å². The number of nitrogens with zero attached hydrogens (tertiary/aromatic N) is 2. The van der Waals surface area contributed by atoms with Crippen molar-refractivity contribution in [2.45, 2.75) is 56.9 Å². The maximum Gasteiger partial charge on any atom is 0.254 e. The summed E-state index contributed by atoms with van der Waals surface area (Å²) in [5.74, 6) is 0.433. The molecule has 2 aliphatic rings. The molecular formula is C20H32ClN3O3S. The van der Waals surface area contributed by atoms with Crippen LogP contribution in [0.2, 0.25) is 0 Å². The van der Waals surface area contributed by atoms with Crippen LogP contribution >= 0.6 is 12.4 Å². The number of amides is 1. The van der Waals surface area contributed by atoms with Crippen LogP contribution in [-0.2, 0) is 10.0 Å². The Morgan fingerprint density at radius 1 is 1.18 bits per heavy atom. The van der Waals surface area contributed by atoms with E-state index in [1.165, 1.54) is 0 Å². The van der Waals surface area contributed by atoms with Crippen LogP contribution in [0.3, 0.4) is 0 Å². The normalized spacial score (nSPS) is 23.9. The fourth-order valence-corrected chi connectivity index (χ4v) is 5.93. The molecule has 0 aromatic heterocycles. The fourth-order valence-electron chi connectivity index (χ4n) is 4.16. The number of carbonyl (C=O) groups excluding carboxylic acids is 1. The van der Waals surface area contributed by atoms with Gasteiger partial charge in [-0.25, -0.2) is 8.42 Å². The van der Waals surface area contributed by atoms with E-state index in [0.717, 1.165) is 32.1 Å². The van der Waals surface area contributed by atoms with Crippen molar-refractivity contribution in [2.24, 2.45) is 11.7 Å². The molecule has 1 aromatic rings. The zero-order valence-electron chi connectivity index (χ0n) is 16.8. The first-order chi connectivity index (χ1) is 12.8. The quantitative estimate of drug-likeness (QED) is 0.797. The van der Waals surface area contributed by atoms with Crippen molar-refractivity contribution in [1.29, 1.82) is 0 Å². The lowest BCUT2D eigenvalue weighted by Crippen LogP contribution is -2.49. The second-order valence-electron chi connectivity index (χ2n) is 7.96. The molecule has 2 aliphatic heterocycles. The highest BCUT2D eigenvalue weighted by Crippen LogP contribution is 2.27. The SMILES string of the molecule is Cc1ccc(C(=O)N2CCC(C)CC2CN)cc1S(=O)(=O)N1CCCCC1.Cl. The third-order valence-electron chi connectivity index (χ3n) is 5.88. The highest BCUT2D eigenvalue weighted by molar-refractivity contribution is 7.89. The van der Waals surface area contributed by atoms with Crippen LogP contribution in [0.1, 0.15) is 54.9 Å². The molecule has 0 bridgehead atoms. The molecule has 1 aromatic carbocycles. The number of rotatable bonds is 4. The average Bonchev–Trinajstić information content (AvgIpc) is 2.68. The molecule has 2 atom stereocenters. The van der Waals surface area contributed by atoms with Gasteiger partial charge in [-0.05, 0) is 56.2 Å². The zero-order chi connectivity index (χ0) is 19.6. The molecule has 2 heterocycles. The minimum atomic E-state index is -3.57. The first-order valence-electron chi connectivity index (χ1n) is 9.96. The van der Waals surface area contributed by atoms with Gasteiger partial charge in [0.25, 0.3) is 5.91 Å². The Morgan fingerprint density at radius 3 is 2.50 bits per heavy atom. The number of hydrogen-bond acceptors (Lipinski definition) is 4. The number of piperidine rings is 2. The molecule has 6 nitrogen and oxygen atoms in total. The van der Waals surface area contributed by atoms with Gasteiger partial charge in [0, 0.05) is 37.8 Å². The zero-order valence-corrected chi connectivity index (χ0v) is 18.4. The van der Waals surface area contributed by atoms with Crippen LogP contribution in [-0.4, -0.2) is 55.8 Å². The first kappa shape index (κ1) is 23.1. The van der Waals surface area contributed by atoms with Crippen LogP contribution in [0, 0.1) is 12.8 Å². The van der Waals surface area contributed by atoms with Crippen LogP contribution < -0.4 is 5.73 Å². The Balaban J connectivity index is 0.00000280. The van der Waals surface area contributed by atoms with E-state index in [1.54, 1.807) is 29.4 Å². The largest absolute Gasteiger partial charge is 0.334 e. The predicted octanol–water partition coefficient (Wildman–Crippen LogP) is 2.79. The van der Waals surface area contributed by atoms with Crippen LogP contribution in [0.4, 0.5) is 0 Å². The molecule has 2 unspecified atom stereocenters. The molecule has 0 radical (unpaired) electrons. The van der Waals surface area contributed by atoms with Gasteiger partial charge in [0.2, 0.25) is 10.0 Å². The number of benzene rings is 1. The minimum Gasteiger partial charge on any atom is -0.334 e. The van der Waals surface area contributed by atoms with Crippen LogP contribution in [0.25, 0.3) is 0 Å². The predicted molar refractivity (Wildman–Crippen MR) is 113 cm³/mol. The Morgan fingerprint density at radius 2 is 1.86 bits per heavy atom. The standard InChI is InChI=1S/C20H31N3O3S.ClH/c1-15-8-11-23(18(12-15)14-21)20(24)17-7-6-16(2)19(13-17)27(25,26)22-9-4-3-5-10-22;/h6-7,13,15,18H,3-5,8-12,14,21H2,1-2H3;1H. The summed E-state index contributed by atoms with van der Waals surface area (Å²) in [7, 11) is -3.57. The summed E-state index contributed by atoms with van der Waals surface area (Å²) < 4.78 is 27.8. The van der Waals surface area contributed by atoms with E-state index in [4.69, 9.17) is 5.73 Å². The molecule has 3 rings (SSSR count). The minimum absolute atomic E-state index is 0. The van der Waals surface area contributed by atoms with Crippen molar-refractivity contribution < 1.29 is 13.2 Å². The molecule has 1 amide bonds. The maximum atomic E-state index is 13.1. The monoisotopic (exact) mass is 429 g/mol. The maximum absolute atomic E-state index is 13.1. The molecule has 0 aliphatic carbocycles. The smallest absolute Gasteiger partial charge is 0.254 e.